The number of carbonyl (C=O) groups excluding carboxylic acids is 3. The van der Waals surface area contributed by atoms with Crippen molar-refractivity contribution in [1.82, 2.24) is 4.90 Å². The Labute approximate surface area is 171 Å². The van der Waals surface area contributed by atoms with Crippen molar-refractivity contribution in [3.63, 3.8) is 0 Å². The maximum absolute atomic E-state index is 13.0. The molecule has 1 fully saturated rings. The number of imide groups is 1. The van der Waals surface area contributed by atoms with Crippen molar-refractivity contribution in [1.29, 1.82) is 0 Å². The fourth-order valence-corrected chi connectivity index (χ4v) is 3.34. The van der Waals surface area contributed by atoms with Gasteiger partial charge in [-0.15, -0.1) is 6.58 Å². The molecule has 0 spiro atoms. The number of nitro groups is 1. The van der Waals surface area contributed by atoms with E-state index in [-0.39, 0.29) is 23.6 Å². The molecular weight excluding hydrogens is 398 g/mol. The monoisotopic (exact) mass is 413 g/mol. The topological polar surface area (TPSA) is 101 Å². The predicted octanol–water partition coefficient (Wildman–Crippen LogP) is 3.21. The largest absolute Gasteiger partial charge is 0.322 e. The first-order valence-corrected chi connectivity index (χ1v) is 9.00. The molecule has 0 aliphatic carbocycles. The number of hydrogen-bond acceptors (Lipinski definition) is 5. The van der Waals surface area contributed by atoms with Crippen LogP contribution in [0.1, 0.15) is 16.8 Å². The second kappa shape index (κ2) is 8.24. The molecule has 3 rings (SSSR count). The number of hydrogen-bond donors (Lipinski definition) is 0. The van der Waals surface area contributed by atoms with Crippen LogP contribution >= 0.6 is 11.6 Å². The third kappa shape index (κ3) is 3.88. The third-order valence-electron chi connectivity index (χ3n) is 4.49. The molecule has 0 saturated carbocycles. The van der Waals surface area contributed by atoms with Crippen LogP contribution in [0.4, 0.5) is 11.4 Å². The van der Waals surface area contributed by atoms with Gasteiger partial charge in [-0.3, -0.25) is 24.5 Å². The normalized spacial score (nSPS) is 16.0. The highest BCUT2D eigenvalue weighted by molar-refractivity contribution is 6.32. The maximum atomic E-state index is 13.0. The van der Waals surface area contributed by atoms with Crippen molar-refractivity contribution in [3.05, 3.63) is 81.9 Å². The van der Waals surface area contributed by atoms with Gasteiger partial charge in [0.1, 0.15) is 11.1 Å². The van der Waals surface area contributed by atoms with Crippen molar-refractivity contribution >= 4 is 40.7 Å². The number of nitro benzene ring substituents is 1. The SMILES string of the molecule is C=CCN(C(=O)c1ccc(Cl)c([N+](=O)[O-])c1)C1CC(=O)N(c2ccccc2)C1=O. The molecule has 2 aromatic carbocycles. The number of anilines is 1. The standard InChI is InChI=1S/C20H16ClN3O5/c1-2-10-22(19(26)13-8-9-15(21)16(11-13)24(28)29)17-12-18(25)23(20(17)27)14-6-4-3-5-7-14/h2-9,11,17H,1,10,12H2. The average molecular weight is 414 g/mol. The number of amides is 3. The first-order chi connectivity index (χ1) is 13.8. The lowest BCUT2D eigenvalue weighted by Crippen LogP contribution is -2.45. The van der Waals surface area contributed by atoms with E-state index < -0.39 is 34.4 Å². The molecule has 1 heterocycles. The molecule has 29 heavy (non-hydrogen) atoms. The Kier molecular flexibility index (Phi) is 5.74. The van der Waals surface area contributed by atoms with Crippen LogP contribution in [0.5, 0.6) is 0 Å². The van der Waals surface area contributed by atoms with Crippen LogP contribution in [0.3, 0.4) is 0 Å². The van der Waals surface area contributed by atoms with Crippen molar-refractivity contribution < 1.29 is 19.3 Å². The van der Waals surface area contributed by atoms with E-state index in [9.17, 15) is 24.5 Å². The van der Waals surface area contributed by atoms with E-state index in [4.69, 9.17) is 11.6 Å². The summed E-state index contributed by atoms with van der Waals surface area (Å²) in [6, 6.07) is 11.0. The van der Waals surface area contributed by atoms with Crippen LogP contribution in [-0.2, 0) is 9.59 Å². The highest BCUT2D eigenvalue weighted by Crippen LogP contribution is 2.29. The number of carbonyl (C=O) groups is 3. The number of nitrogens with zero attached hydrogens (tertiary/aromatic N) is 3. The zero-order valence-electron chi connectivity index (χ0n) is 15.2. The van der Waals surface area contributed by atoms with Gasteiger partial charge in [0.2, 0.25) is 5.91 Å². The molecule has 1 saturated heterocycles. The fraction of sp³-hybridized carbons (Fsp3) is 0.150. The Hall–Kier alpha value is -3.52. The molecule has 8 nitrogen and oxygen atoms in total. The van der Waals surface area contributed by atoms with Crippen molar-refractivity contribution in [2.75, 3.05) is 11.4 Å². The second-order valence-corrected chi connectivity index (χ2v) is 6.70. The highest BCUT2D eigenvalue weighted by Gasteiger charge is 2.44. The smallest absolute Gasteiger partial charge is 0.288 e. The van der Waals surface area contributed by atoms with Crippen LogP contribution in [0.15, 0.2) is 61.2 Å². The van der Waals surface area contributed by atoms with Crippen LogP contribution in [0.2, 0.25) is 5.02 Å². The summed E-state index contributed by atoms with van der Waals surface area (Å²) < 4.78 is 0. The van der Waals surface area contributed by atoms with Crippen molar-refractivity contribution in [2.45, 2.75) is 12.5 Å². The lowest BCUT2D eigenvalue weighted by molar-refractivity contribution is -0.384. The molecule has 0 aromatic heterocycles. The highest BCUT2D eigenvalue weighted by atomic mass is 35.5. The van der Waals surface area contributed by atoms with Gasteiger partial charge < -0.3 is 4.90 Å². The minimum Gasteiger partial charge on any atom is -0.322 e. The Balaban J connectivity index is 1.94. The quantitative estimate of drug-likeness (QED) is 0.313. The minimum atomic E-state index is -1.04. The molecule has 0 radical (unpaired) electrons. The molecule has 0 N–H and O–H groups in total. The summed E-state index contributed by atoms with van der Waals surface area (Å²) >= 11 is 5.80. The van der Waals surface area contributed by atoms with Crippen LogP contribution in [-0.4, -0.2) is 40.1 Å². The van der Waals surface area contributed by atoms with Gasteiger partial charge in [-0.05, 0) is 24.3 Å². The van der Waals surface area contributed by atoms with Gasteiger partial charge in [0, 0.05) is 18.2 Å². The Morgan fingerprint density at radius 2 is 1.97 bits per heavy atom. The summed E-state index contributed by atoms with van der Waals surface area (Å²) in [5.74, 6) is -1.61. The number of rotatable bonds is 6. The van der Waals surface area contributed by atoms with Crippen LogP contribution in [0, 0.1) is 10.1 Å². The van der Waals surface area contributed by atoms with E-state index in [1.165, 1.54) is 23.1 Å². The van der Waals surface area contributed by atoms with E-state index in [1.807, 2.05) is 0 Å². The van der Waals surface area contributed by atoms with Gasteiger partial charge in [0.25, 0.3) is 17.5 Å². The lowest BCUT2D eigenvalue weighted by atomic mass is 10.1. The molecule has 3 amide bonds. The fourth-order valence-electron chi connectivity index (χ4n) is 3.15. The molecule has 1 unspecified atom stereocenters. The van der Waals surface area contributed by atoms with Gasteiger partial charge in [0.15, 0.2) is 0 Å². The number of benzene rings is 2. The van der Waals surface area contributed by atoms with Crippen LogP contribution < -0.4 is 4.90 Å². The van der Waals surface area contributed by atoms with E-state index >= 15 is 0 Å². The molecular formula is C20H16ClN3O5. The van der Waals surface area contributed by atoms with Gasteiger partial charge >= 0.3 is 0 Å². The Morgan fingerprint density at radius 3 is 2.59 bits per heavy atom. The summed E-state index contributed by atoms with van der Waals surface area (Å²) in [7, 11) is 0. The number of para-hydroxylation sites is 1. The van der Waals surface area contributed by atoms with E-state index in [0.717, 1.165) is 11.0 Å². The summed E-state index contributed by atoms with van der Waals surface area (Å²) in [5, 5.41) is 11.0. The summed E-state index contributed by atoms with van der Waals surface area (Å²) in [6.45, 7) is 3.58. The summed E-state index contributed by atoms with van der Waals surface area (Å²) in [6.07, 6.45) is 1.23. The first kappa shape index (κ1) is 20.2. The van der Waals surface area contributed by atoms with Crippen molar-refractivity contribution in [3.8, 4) is 0 Å². The minimum absolute atomic E-state index is 0.0123. The van der Waals surface area contributed by atoms with Crippen LogP contribution in [0.25, 0.3) is 0 Å². The number of halogens is 1. The molecule has 148 valence electrons. The summed E-state index contributed by atoms with van der Waals surface area (Å²) in [4.78, 5) is 51.1. The summed E-state index contributed by atoms with van der Waals surface area (Å²) in [5.41, 5.74) is -0.0182. The molecule has 9 heteroatoms. The third-order valence-corrected chi connectivity index (χ3v) is 4.81. The average Bonchev–Trinajstić information content (AvgIpc) is 3.00. The van der Waals surface area contributed by atoms with Gasteiger partial charge in [-0.1, -0.05) is 35.9 Å². The van der Waals surface area contributed by atoms with Gasteiger partial charge in [-0.2, -0.15) is 0 Å². The van der Waals surface area contributed by atoms with E-state index in [2.05, 4.69) is 6.58 Å². The zero-order valence-corrected chi connectivity index (χ0v) is 15.9. The van der Waals surface area contributed by atoms with E-state index in [1.54, 1.807) is 30.3 Å². The molecule has 0 bridgehead atoms. The van der Waals surface area contributed by atoms with Gasteiger partial charge in [-0.25, -0.2) is 4.90 Å². The maximum Gasteiger partial charge on any atom is 0.288 e. The Bertz CT molecular complexity index is 1010. The zero-order chi connectivity index (χ0) is 21.1. The predicted molar refractivity (Wildman–Crippen MR) is 107 cm³/mol. The molecule has 1 aliphatic heterocycles. The molecule has 1 atom stereocenters. The van der Waals surface area contributed by atoms with E-state index in [0.29, 0.717) is 5.69 Å². The molecule has 1 aliphatic rings. The molecule has 2 aromatic rings. The first-order valence-electron chi connectivity index (χ1n) is 8.62. The second-order valence-electron chi connectivity index (χ2n) is 6.29. The van der Waals surface area contributed by atoms with Gasteiger partial charge in [0.05, 0.1) is 17.0 Å². The van der Waals surface area contributed by atoms with Crippen molar-refractivity contribution in [2.24, 2.45) is 0 Å². The lowest BCUT2D eigenvalue weighted by Gasteiger charge is -2.26. The Morgan fingerprint density at radius 1 is 1.28 bits per heavy atom.